The van der Waals surface area contributed by atoms with Crippen LogP contribution < -0.4 is 19.8 Å². The highest BCUT2D eigenvalue weighted by atomic mass is 32.2. The fourth-order valence-corrected chi connectivity index (χ4v) is 5.98. The number of sulfonamides is 1. The minimum Gasteiger partial charge on any atom is -0.494 e. The van der Waals surface area contributed by atoms with Crippen LogP contribution in [0, 0.1) is 6.92 Å². The Morgan fingerprint density at radius 2 is 1.74 bits per heavy atom. The van der Waals surface area contributed by atoms with Gasteiger partial charge in [-0.25, -0.2) is 8.42 Å². The molecule has 38 heavy (non-hydrogen) atoms. The summed E-state index contributed by atoms with van der Waals surface area (Å²) in [6, 6.07) is 19.6. The zero-order chi connectivity index (χ0) is 26.7. The molecule has 0 unspecified atom stereocenters. The van der Waals surface area contributed by atoms with E-state index in [4.69, 9.17) is 14.2 Å². The van der Waals surface area contributed by atoms with E-state index >= 15 is 0 Å². The second-order valence-corrected chi connectivity index (χ2v) is 11.1. The summed E-state index contributed by atoms with van der Waals surface area (Å²) in [6.45, 7) is 5.28. The average Bonchev–Trinajstić information content (AvgIpc) is 2.92. The second-order valence-electron chi connectivity index (χ2n) is 9.13. The van der Waals surface area contributed by atoms with E-state index in [1.54, 1.807) is 24.3 Å². The zero-order valence-electron chi connectivity index (χ0n) is 21.4. The molecule has 4 aromatic rings. The molecule has 198 valence electrons. The van der Waals surface area contributed by atoms with Crippen molar-refractivity contribution < 1.29 is 22.6 Å². The lowest BCUT2D eigenvalue weighted by molar-refractivity contribution is 0.171. The van der Waals surface area contributed by atoms with Crippen molar-refractivity contribution in [1.29, 1.82) is 0 Å². The van der Waals surface area contributed by atoms with Crippen LogP contribution in [-0.2, 0) is 23.0 Å². The zero-order valence-corrected chi connectivity index (χ0v) is 22.2. The number of benzene rings is 3. The normalized spacial score (nSPS) is 13.1. The van der Waals surface area contributed by atoms with Gasteiger partial charge in [0.05, 0.1) is 11.5 Å². The van der Waals surface area contributed by atoms with Crippen LogP contribution in [0.3, 0.4) is 0 Å². The predicted molar refractivity (Wildman–Crippen MR) is 146 cm³/mol. The molecule has 0 bridgehead atoms. The molecule has 0 radical (unpaired) electrons. The minimum absolute atomic E-state index is 0.0855. The third-order valence-electron chi connectivity index (χ3n) is 6.59. The van der Waals surface area contributed by atoms with Crippen molar-refractivity contribution in [2.24, 2.45) is 0 Å². The van der Waals surface area contributed by atoms with Crippen molar-refractivity contribution >= 4 is 20.9 Å². The van der Waals surface area contributed by atoms with Crippen LogP contribution in [0.5, 0.6) is 17.2 Å². The smallest absolute Gasteiger partial charge is 0.252 e. The lowest BCUT2D eigenvalue weighted by Crippen LogP contribution is -2.34. The summed E-state index contributed by atoms with van der Waals surface area (Å²) in [7, 11) is -3.98. The van der Waals surface area contributed by atoms with Crippen LogP contribution in [0.15, 0.2) is 76.4 Å². The molecular weight excluding hydrogens is 504 g/mol. The summed E-state index contributed by atoms with van der Waals surface area (Å²) in [6.07, 6.45) is 0.496. The number of ether oxygens (including phenoxy) is 3. The minimum atomic E-state index is -3.98. The summed E-state index contributed by atoms with van der Waals surface area (Å²) in [5.74, 6) is 1.58. The van der Waals surface area contributed by atoms with Gasteiger partial charge >= 0.3 is 0 Å². The van der Waals surface area contributed by atoms with E-state index in [1.807, 2.05) is 44.2 Å². The maximum Gasteiger partial charge on any atom is 0.252 e. The van der Waals surface area contributed by atoms with Gasteiger partial charge < -0.3 is 19.2 Å². The molecule has 1 aliphatic rings. The third kappa shape index (κ3) is 5.39. The van der Waals surface area contributed by atoms with Gasteiger partial charge in [-0.1, -0.05) is 24.3 Å². The van der Waals surface area contributed by atoms with Crippen LogP contribution in [0.2, 0.25) is 0 Å². The van der Waals surface area contributed by atoms with E-state index < -0.39 is 10.0 Å². The monoisotopic (exact) mass is 534 g/mol. The molecule has 0 spiro atoms. The second kappa shape index (κ2) is 10.9. The summed E-state index contributed by atoms with van der Waals surface area (Å²) >= 11 is 0. The van der Waals surface area contributed by atoms with Gasteiger partial charge in [-0.2, -0.15) is 4.31 Å². The first-order chi connectivity index (χ1) is 18.3. The van der Waals surface area contributed by atoms with Crippen molar-refractivity contribution in [3.05, 3.63) is 93.8 Å². The molecule has 2 heterocycles. The fraction of sp³-hybridized carbons (Fsp3) is 0.276. The van der Waals surface area contributed by atoms with Gasteiger partial charge in [-0.05, 0) is 67.8 Å². The molecule has 1 aromatic heterocycles. The number of fused-ring (bicyclic) bond motifs is 2. The molecule has 1 aliphatic heterocycles. The summed E-state index contributed by atoms with van der Waals surface area (Å²) in [5, 5.41) is 0.765. The molecule has 0 amide bonds. The summed E-state index contributed by atoms with van der Waals surface area (Å²) in [5.41, 5.74) is 2.79. The number of hydrogen-bond acceptors (Lipinski definition) is 6. The van der Waals surface area contributed by atoms with Crippen molar-refractivity contribution in [1.82, 2.24) is 9.29 Å². The number of pyridine rings is 1. The quantitative estimate of drug-likeness (QED) is 0.341. The first kappa shape index (κ1) is 25.8. The molecule has 3 aromatic carbocycles. The Morgan fingerprint density at radius 1 is 0.947 bits per heavy atom. The molecule has 8 nitrogen and oxygen atoms in total. The van der Waals surface area contributed by atoms with Crippen LogP contribution >= 0.6 is 0 Å². The number of rotatable bonds is 9. The first-order valence-electron chi connectivity index (χ1n) is 12.6. The number of aromatic amines is 1. The Hall–Kier alpha value is -3.82. The summed E-state index contributed by atoms with van der Waals surface area (Å²) in [4.78, 5) is 16.0. The first-order valence-corrected chi connectivity index (χ1v) is 14.0. The highest BCUT2D eigenvalue weighted by Gasteiger charge is 2.28. The molecule has 0 fully saturated rings. The SMILES string of the molecule is CCOc1ccc2[nH]c(=O)c(CN(CCc3ccccc3C)S(=O)(=O)c3ccc4c(c3)OCCO4)cc2c1. The number of aryl methyl sites for hydroxylation is 1. The standard InChI is InChI=1S/C29H30N2O6S/c1-3-35-24-8-10-26-22(17-24)16-23(29(32)30-26)19-31(13-12-21-7-5-4-6-20(21)2)38(33,34)25-9-11-27-28(18-25)37-15-14-36-27/h4-11,16-18H,3,12-15,19H2,1-2H3,(H,30,32). The Kier molecular flexibility index (Phi) is 7.40. The summed E-state index contributed by atoms with van der Waals surface area (Å²) < 4.78 is 46.0. The molecular formula is C29H30N2O6S. The van der Waals surface area contributed by atoms with Crippen LogP contribution in [-0.4, -0.2) is 44.1 Å². The molecule has 0 aliphatic carbocycles. The molecule has 1 N–H and O–H groups in total. The number of hydrogen-bond donors (Lipinski definition) is 1. The van der Waals surface area contributed by atoms with E-state index in [0.29, 0.717) is 54.6 Å². The van der Waals surface area contributed by atoms with Gasteiger partial charge in [-0.3, -0.25) is 4.79 Å². The Balaban J connectivity index is 1.52. The van der Waals surface area contributed by atoms with Crippen molar-refractivity contribution in [3.8, 4) is 17.2 Å². The largest absolute Gasteiger partial charge is 0.494 e. The maximum atomic E-state index is 13.9. The number of nitrogens with one attached hydrogen (secondary N) is 1. The molecule has 0 atom stereocenters. The van der Waals surface area contributed by atoms with Gasteiger partial charge in [0.25, 0.3) is 5.56 Å². The molecule has 5 rings (SSSR count). The number of aromatic nitrogens is 1. The van der Waals surface area contributed by atoms with Crippen molar-refractivity contribution in [2.45, 2.75) is 31.7 Å². The van der Waals surface area contributed by atoms with E-state index in [0.717, 1.165) is 16.5 Å². The van der Waals surface area contributed by atoms with Gasteiger partial charge in [0.1, 0.15) is 19.0 Å². The Morgan fingerprint density at radius 3 is 2.53 bits per heavy atom. The lowest BCUT2D eigenvalue weighted by Gasteiger charge is -2.24. The molecule has 9 heteroatoms. The average molecular weight is 535 g/mol. The van der Waals surface area contributed by atoms with Crippen LogP contribution in [0.4, 0.5) is 0 Å². The van der Waals surface area contributed by atoms with Crippen molar-refractivity contribution in [3.63, 3.8) is 0 Å². The maximum absolute atomic E-state index is 13.9. The third-order valence-corrected chi connectivity index (χ3v) is 8.43. The predicted octanol–water partition coefficient (Wildman–Crippen LogP) is 4.44. The van der Waals surface area contributed by atoms with Gasteiger partial charge in [0.15, 0.2) is 11.5 Å². The highest BCUT2D eigenvalue weighted by Crippen LogP contribution is 2.33. The molecule has 0 saturated carbocycles. The highest BCUT2D eigenvalue weighted by molar-refractivity contribution is 7.89. The van der Waals surface area contributed by atoms with Crippen LogP contribution in [0.1, 0.15) is 23.6 Å². The topological polar surface area (TPSA) is 97.9 Å². The number of nitrogens with zero attached hydrogens (tertiary/aromatic N) is 1. The van der Waals surface area contributed by atoms with E-state index in [-0.39, 0.29) is 23.5 Å². The van der Waals surface area contributed by atoms with Gasteiger partial charge in [0, 0.05) is 35.6 Å². The fourth-order valence-electron chi connectivity index (χ4n) is 4.55. The molecule has 0 saturated heterocycles. The van der Waals surface area contributed by atoms with Gasteiger partial charge in [-0.15, -0.1) is 0 Å². The lowest BCUT2D eigenvalue weighted by atomic mass is 10.1. The Bertz CT molecular complexity index is 1630. The Labute approximate surface area is 221 Å². The van der Waals surface area contributed by atoms with Crippen molar-refractivity contribution in [2.75, 3.05) is 26.4 Å². The van der Waals surface area contributed by atoms with Crippen LogP contribution in [0.25, 0.3) is 10.9 Å². The van der Waals surface area contributed by atoms with E-state index in [9.17, 15) is 13.2 Å². The van der Waals surface area contributed by atoms with Gasteiger partial charge in [0.2, 0.25) is 10.0 Å². The van der Waals surface area contributed by atoms with E-state index in [2.05, 4.69) is 4.98 Å². The van der Waals surface area contributed by atoms with E-state index in [1.165, 1.54) is 16.4 Å². The number of H-pyrrole nitrogens is 1.